The molecule has 6 nitrogen and oxygen atoms in total. The molecule has 0 aromatic carbocycles. The Morgan fingerprint density at radius 3 is 2.83 bits per heavy atom. The van der Waals surface area contributed by atoms with Gasteiger partial charge in [0.05, 0.1) is 24.6 Å². The summed E-state index contributed by atoms with van der Waals surface area (Å²) in [5, 5.41) is 10.3. The fourth-order valence-electron chi connectivity index (χ4n) is 1.77. The number of aromatic nitrogens is 3. The first-order chi connectivity index (χ1) is 8.81. The van der Waals surface area contributed by atoms with Crippen molar-refractivity contribution >= 4 is 27.8 Å². The van der Waals surface area contributed by atoms with Gasteiger partial charge in [-0.2, -0.15) is 0 Å². The van der Waals surface area contributed by atoms with Gasteiger partial charge in [-0.3, -0.25) is 4.90 Å². The van der Waals surface area contributed by atoms with E-state index in [1.54, 1.807) is 11.3 Å². The zero-order valence-corrected chi connectivity index (χ0v) is 11.3. The van der Waals surface area contributed by atoms with Crippen molar-refractivity contribution in [2.24, 2.45) is 0 Å². The Hall–Kier alpha value is -1.09. The van der Waals surface area contributed by atoms with Gasteiger partial charge in [-0.05, 0) is 0 Å². The highest BCUT2D eigenvalue weighted by Gasteiger charge is 2.14. The Kier molecular flexibility index (Phi) is 3.50. The Morgan fingerprint density at radius 1 is 1.28 bits per heavy atom. The first kappa shape index (κ1) is 12.0. The van der Waals surface area contributed by atoms with Crippen LogP contribution in [0.5, 0.6) is 0 Å². The van der Waals surface area contributed by atoms with Crippen LogP contribution in [0, 0.1) is 0 Å². The average Bonchev–Trinajstić information content (AvgIpc) is 2.99. The first-order valence-corrected chi connectivity index (χ1v) is 7.29. The van der Waals surface area contributed by atoms with Gasteiger partial charge in [-0.1, -0.05) is 11.3 Å². The Balaban J connectivity index is 1.69. The average molecular weight is 283 g/mol. The predicted octanol–water partition coefficient (Wildman–Crippen LogP) is 1.08. The van der Waals surface area contributed by atoms with E-state index in [0.29, 0.717) is 5.13 Å². The summed E-state index contributed by atoms with van der Waals surface area (Å²) in [5.74, 6) is 0. The second-order valence-electron chi connectivity index (χ2n) is 3.95. The fraction of sp³-hybridized carbons (Fsp3) is 0.500. The molecule has 2 aromatic rings. The lowest BCUT2D eigenvalue weighted by molar-refractivity contribution is 0.0341. The molecule has 0 saturated carbocycles. The summed E-state index contributed by atoms with van der Waals surface area (Å²) in [6.45, 7) is 4.44. The van der Waals surface area contributed by atoms with Crippen LogP contribution in [0.15, 0.2) is 6.20 Å². The summed E-state index contributed by atoms with van der Waals surface area (Å²) in [6.07, 6.45) is 1.85. The molecule has 0 spiro atoms. The van der Waals surface area contributed by atoms with E-state index < -0.39 is 0 Å². The van der Waals surface area contributed by atoms with Crippen molar-refractivity contribution in [1.29, 1.82) is 0 Å². The van der Waals surface area contributed by atoms with Crippen LogP contribution in [0.4, 0.5) is 5.13 Å². The number of nitrogen functional groups attached to an aromatic ring is 1. The molecule has 0 radical (unpaired) electrons. The number of anilines is 1. The normalized spacial score (nSPS) is 17.1. The molecule has 1 aliphatic rings. The minimum Gasteiger partial charge on any atom is -0.379 e. The number of ether oxygens (including phenoxy) is 1. The van der Waals surface area contributed by atoms with Crippen molar-refractivity contribution in [3.63, 3.8) is 0 Å². The summed E-state index contributed by atoms with van der Waals surface area (Å²) < 4.78 is 5.33. The van der Waals surface area contributed by atoms with Gasteiger partial charge in [-0.25, -0.2) is 4.98 Å². The Labute approximate surface area is 112 Å². The van der Waals surface area contributed by atoms with Gasteiger partial charge in [0.15, 0.2) is 5.01 Å². The lowest BCUT2D eigenvalue weighted by atomic mass is 10.4. The van der Waals surface area contributed by atoms with Crippen LogP contribution < -0.4 is 5.73 Å². The third kappa shape index (κ3) is 2.66. The molecule has 2 N–H and O–H groups in total. The third-order valence-electron chi connectivity index (χ3n) is 2.67. The van der Waals surface area contributed by atoms with E-state index in [9.17, 15) is 0 Å². The summed E-state index contributed by atoms with van der Waals surface area (Å²) in [5.41, 5.74) is 5.58. The van der Waals surface area contributed by atoms with Gasteiger partial charge < -0.3 is 10.5 Å². The van der Waals surface area contributed by atoms with Crippen molar-refractivity contribution in [1.82, 2.24) is 20.1 Å². The van der Waals surface area contributed by atoms with Crippen molar-refractivity contribution in [3.05, 3.63) is 11.2 Å². The minimum absolute atomic E-state index is 0.494. The molecule has 2 aromatic heterocycles. The van der Waals surface area contributed by atoms with Gasteiger partial charge in [0.1, 0.15) is 5.01 Å². The van der Waals surface area contributed by atoms with Crippen molar-refractivity contribution < 1.29 is 4.74 Å². The topological polar surface area (TPSA) is 77.2 Å². The second kappa shape index (κ2) is 5.27. The molecule has 0 amide bonds. The van der Waals surface area contributed by atoms with Crippen LogP contribution in [0.1, 0.15) is 5.01 Å². The predicted molar refractivity (Wildman–Crippen MR) is 71.5 cm³/mol. The summed E-state index contributed by atoms with van der Waals surface area (Å²) in [7, 11) is 0. The van der Waals surface area contributed by atoms with E-state index in [0.717, 1.165) is 47.7 Å². The minimum atomic E-state index is 0.494. The number of nitrogens with two attached hydrogens (primary N) is 1. The van der Waals surface area contributed by atoms with Crippen LogP contribution in [0.25, 0.3) is 9.88 Å². The summed E-state index contributed by atoms with van der Waals surface area (Å²) >= 11 is 3.04. The molecule has 96 valence electrons. The maximum atomic E-state index is 5.58. The van der Waals surface area contributed by atoms with Crippen LogP contribution in [0.2, 0.25) is 0 Å². The molecular formula is C10H13N5OS2. The monoisotopic (exact) mass is 283 g/mol. The van der Waals surface area contributed by atoms with Crippen LogP contribution in [0.3, 0.4) is 0 Å². The molecule has 18 heavy (non-hydrogen) atoms. The molecule has 1 aliphatic heterocycles. The molecule has 1 saturated heterocycles. The number of nitrogens with zero attached hydrogens (tertiary/aromatic N) is 4. The number of hydrogen-bond acceptors (Lipinski definition) is 8. The summed E-state index contributed by atoms with van der Waals surface area (Å²) in [6, 6.07) is 0. The third-order valence-corrected chi connectivity index (χ3v) is 4.57. The van der Waals surface area contributed by atoms with Gasteiger partial charge in [0, 0.05) is 19.3 Å². The molecular weight excluding hydrogens is 270 g/mol. The van der Waals surface area contributed by atoms with E-state index in [4.69, 9.17) is 10.5 Å². The molecule has 3 heterocycles. The van der Waals surface area contributed by atoms with Crippen molar-refractivity contribution in [2.45, 2.75) is 6.54 Å². The second-order valence-corrected chi connectivity index (χ2v) is 6.08. The number of thiazole rings is 1. The van der Waals surface area contributed by atoms with Crippen molar-refractivity contribution in [2.75, 3.05) is 32.0 Å². The maximum absolute atomic E-state index is 5.58. The molecule has 8 heteroatoms. The van der Waals surface area contributed by atoms with E-state index in [2.05, 4.69) is 20.1 Å². The first-order valence-electron chi connectivity index (χ1n) is 5.65. The number of rotatable bonds is 3. The lowest BCUT2D eigenvalue weighted by Gasteiger charge is -2.25. The molecule has 0 atom stereocenters. The fourth-order valence-corrected chi connectivity index (χ4v) is 3.37. The maximum Gasteiger partial charge on any atom is 0.203 e. The SMILES string of the molecule is Nc1nnc(-c2cnc(CN3CCOCC3)s2)s1. The molecule has 0 bridgehead atoms. The van der Waals surface area contributed by atoms with E-state index in [1.807, 2.05) is 6.20 Å². The van der Waals surface area contributed by atoms with Crippen LogP contribution in [-0.4, -0.2) is 46.4 Å². The molecule has 0 aliphatic carbocycles. The smallest absolute Gasteiger partial charge is 0.203 e. The molecule has 0 unspecified atom stereocenters. The summed E-state index contributed by atoms with van der Waals surface area (Å²) in [4.78, 5) is 7.81. The standard InChI is InChI=1S/C10H13N5OS2/c11-10-14-13-9(18-10)7-5-12-8(17-7)6-15-1-3-16-4-2-15/h5H,1-4,6H2,(H2,11,14). The zero-order valence-electron chi connectivity index (χ0n) is 9.70. The van der Waals surface area contributed by atoms with Gasteiger partial charge in [0.25, 0.3) is 0 Å². The largest absolute Gasteiger partial charge is 0.379 e. The van der Waals surface area contributed by atoms with Gasteiger partial charge in [0.2, 0.25) is 5.13 Å². The number of hydrogen-bond donors (Lipinski definition) is 1. The van der Waals surface area contributed by atoms with E-state index >= 15 is 0 Å². The highest BCUT2D eigenvalue weighted by atomic mass is 32.1. The lowest BCUT2D eigenvalue weighted by Crippen LogP contribution is -2.35. The quantitative estimate of drug-likeness (QED) is 0.908. The highest BCUT2D eigenvalue weighted by molar-refractivity contribution is 7.23. The van der Waals surface area contributed by atoms with Crippen molar-refractivity contribution in [3.8, 4) is 9.88 Å². The molecule has 3 rings (SSSR count). The Morgan fingerprint density at radius 2 is 2.11 bits per heavy atom. The van der Waals surface area contributed by atoms with Gasteiger partial charge >= 0.3 is 0 Å². The van der Waals surface area contributed by atoms with Crippen LogP contribution >= 0.6 is 22.7 Å². The number of morpholine rings is 1. The van der Waals surface area contributed by atoms with Gasteiger partial charge in [-0.15, -0.1) is 21.5 Å². The zero-order chi connectivity index (χ0) is 12.4. The highest BCUT2D eigenvalue weighted by Crippen LogP contribution is 2.30. The van der Waals surface area contributed by atoms with E-state index in [-0.39, 0.29) is 0 Å². The molecule has 1 fully saturated rings. The van der Waals surface area contributed by atoms with Crippen LogP contribution in [-0.2, 0) is 11.3 Å². The van der Waals surface area contributed by atoms with E-state index in [1.165, 1.54) is 11.3 Å². The Bertz CT molecular complexity index is 520.